The van der Waals surface area contributed by atoms with Crippen LogP contribution in [0.15, 0.2) is 24.8 Å². The molecule has 2 aromatic rings. The van der Waals surface area contributed by atoms with Gasteiger partial charge in [-0.3, -0.25) is 14.6 Å². The molecular weight excluding hydrogens is 272 g/mol. The number of aliphatic carboxylic acids is 1. The van der Waals surface area contributed by atoms with E-state index in [0.29, 0.717) is 23.9 Å². The third kappa shape index (κ3) is 2.58. The smallest absolute Gasteiger partial charge is 0.308 e. The van der Waals surface area contributed by atoms with Gasteiger partial charge in [0.05, 0.1) is 29.4 Å². The number of carboxylic acids is 1. The number of aromatic nitrogens is 3. The fourth-order valence-electron chi connectivity index (χ4n) is 2.85. The molecule has 2 unspecified atom stereocenters. The number of carbonyl (C=O) groups is 2. The molecule has 0 spiro atoms. The lowest BCUT2D eigenvalue weighted by atomic mass is 9.84. The zero-order valence-corrected chi connectivity index (χ0v) is 11.4. The zero-order valence-electron chi connectivity index (χ0n) is 11.4. The molecule has 110 valence electrons. The van der Waals surface area contributed by atoms with Crippen molar-refractivity contribution in [3.8, 4) is 0 Å². The van der Waals surface area contributed by atoms with Crippen LogP contribution in [0.5, 0.6) is 0 Å². The van der Waals surface area contributed by atoms with Gasteiger partial charge in [0.1, 0.15) is 0 Å². The van der Waals surface area contributed by atoms with Crippen LogP contribution in [-0.2, 0) is 4.79 Å². The van der Waals surface area contributed by atoms with Crippen LogP contribution in [0.4, 0.5) is 0 Å². The van der Waals surface area contributed by atoms with E-state index in [1.807, 2.05) is 0 Å². The summed E-state index contributed by atoms with van der Waals surface area (Å²) in [5.41, 5.74) is 1.02. The molecule has 21 heavy (non-hydrogen) atoms. The van der Waals surface area contributed by atoms with Crippen LogP contribution in [-0.4, -0.2) is 37.6 Å². The van der Waals surface area contributed by atoms with Gasteiger partial charge in [0, 0.05) is 18.4 Å². The van der Waals surface area contributed by atoms with Gasteiger partial charge >= 0.3 is 5.97 Å². The average molecular weight is 288 g/mol. The van der Waals surface area contributed by atoms with Crippen LogP contribution in [0.1, 0.15) is 36.0 Å². The highest BCUT2D eigenvalue weighted by Crippen LogP contribution is 2.25. The third-order valence-electron chi connectivity index (χ3n) is 3.97. The van der Waals surface area contributed by atoms with Crippen LogP contribution >= 0.6 is 0 Å². The standard InChI is InChI=1S/C14H16N4O3/c19-13(10-7-16-18-6-5-15-8-12(10)18)17-11-4-2-1-3-9(11)14(20)21/h5-9,11H,1-4H2,(H,17,19)(H,20,21). The Morgan fingerprint density at radius 1 is 1.29 bits per heavy atom. The highest BCUT2D eigenvalue weighted by atomic mass is 16.4. The monoisotopic (exact) mass is 288 g/mol. The molecule has 1 amide bonds. The number of nitrogens with zero attached hydrogens (tertiary/aromatic N) is 3. The van der Waals surface area contributed by atoms with Crippen molar-refractivity contribution in [2.45, 2.75) is 31.7 Å². The molecule has 0 saturated heterocycles. The zero-order chi connectivity index (χ0) is 14.8. The van der Waals surface area contributed by atoms with E-state index in [9.17, 15) is 14.7 Å². The van der Waals surface area contributed by atoms with Gasteiger partial charge in [0.25, 0.3) is 5.91 Å². The van der Waals surface area contributed by atoms with Gasteiger partial charge in [-0.25, -0.2) is 4.52 Å². The first-order valence-corrected chi connectivity index (χ1v) is 6.98. The minimum absolute atomic E-state index is 0.295. The van der Waals surface area contributed by atoms with Gasteiger partial charge in [0.15, 0.2) is 0 Å². The minimum Gasteiger partial charge on any atom is -0.481 e. The van der Waals surface area contributed by atoms with Crippen LogP contribution in [0.3, 0.4) is 0 Å². The summed E-state index contributed by atoms with van der Waals surface area (Å²) in [4.78, 5) is 27.6. The number of fused-ring (bicyclic) bond motifs is 1. The Hall–Kier alpha value is -2.44. The Kier molecular flexibility index (Phi) is 3.55. The number of hydrogen-bond donors (Lipinski definition) is 2. The molecule has 0 aromatic carbocycles. The minimum atomic E-state index is -0.846. The first-order chi connectivity index (χ1) is 10.2. The van der Waals surface area contributed by atoms with Gasteiger partial charge in [0.2, 0.25) is 0 Å². The van der Waals surface area contributed by atoms with Crippen molar-refractivity contribution in [3.05, 3.63) is 30.4 Å². The van der Waals surface area contributed by atoms with Crippen LogP contribution in [0, 0.1) is 5.92 Å². The number of carbonyl (C=O) groups excluding carboxylic acids is 1. The Morgan fingerprint density at radius 2 is 2.10 bits per heavy atom. The maximum atomic E-state index is 12.4. The molecule has 0 bridgehead atoms. The summed E-state index contributed by atoms with van der Waals surface area (Å²) in [7, 11) is 0. The molecule has 1 aliphatic carbocycles. The lowest BCUT2D eigenvalue weighted by Crippen LogP contribution is -2.45. The lowest BCUT2D eigenvalue weighted by molar-refractivity contribution is -0.143. The van der Waals surface area contributed by atoms with Crippen LogP contribution in [0.2, 0.25) is 0 Å². The van der Waals surface area contributed by atoms with E-state index in [2.05, 4.69) is 15.4 Å². The maximum Gasteiger partial charge on any atom is 0.308 e. The average Bonchev–Trinajstić information content (AvgIpc) is 2.91. The van der Waals surface area contributed by atoms with Gasteiger partial charge < -0.3 is 10.4 Å². The molecule has 7 nitrogen and oxygen atoms in total. The van der Waals surface area contributed by atoms with Gasteiger partial charge in [-0.05, 0) is 12.8 Å². The number of carboxylic acid groups (broad SMARTS) is 1. The quantitative estimate of drug-likeness (QED) is 0.881. The predicted molar refractivity (Wildman–Crippen MR) is 73.8 cm³/mol. The van der Waals surface area contributed by atoms with E-state index < -0.39 is 11.9 Å². The summed E-state index contributed by atoms with van der Waals surface area (Å²) in [5, 5.41) is 16.2. The fraction of sp³-hybridized carbons (Fsp3) is 0.429. The largest absolute Gasteiger partial charge is 0.481 e. The highest BCUT2D eigenvalue weighted by molar-refractivity contribution is 6.00. The van der Waals surface area contributed by atoms with Gasteiger partial charge in [-0.1, -0.05) is 12.8 Å². The second-order valence-electron chi connectivity index (χ2n) is 5.27. The molecule has 2 N–H and O–H groups in total. The predicted octanol–water partition coefficient (Wildman–Crippen LogP) is 1.10. The van der Waals surface area contributed by atoms with Crippen molar-refractivity contribution in [1.29, 1.82) is 0 Å². The SMILES string of the molecule is O=C(NC1CCCCC1C(=O)O)c1cnn2ccncc12. The fourth-order valence-corrected chi connectivity index (χ4v) is 2.85. The van der Waals surface area contributed by atoms with E-state index >= 15 is 0 Å². The molecule has 2 aromatic heterocycles. The van der Waals surface area contributed by atoms with Crippen molar-refractivity contribution >= 4 is 17.4 Å². The number of hydrogen-bond acceptors (Lipinski definition) is 4. The molecule has 7 heteroatoms. The van der Waals surface area contributed by atoms with Crippen LogP contribution in [0.25, 0.3) is 5.52 Å². The Labute approximate surface area is 121 Å². The van der Waals surface area contributed by atoms with Crippen molar-refractivity contribution in [2.24, 2.45) is 5.92 Å². The van der Waals surface area contributed by atoms with E-state index in [0.717, 1.165) is 12.8 Å². The third-order valence-corrected chi connectivity index (χ3v) is 3.97. The summed E-state index contributed by atoms with van der Waals surface area (Å²) < 4.78 is 1.57. The molecule has 1 aliphatic rings. The highest BCUT2D eigenvalue weighted by Gasteiger charge is 2.32. The molecule has 2 heterocycles. The summed E-state index contributed by atoms with van der Waals surface area (Å²) in [6.07, 6.45) is 9.42. The normalized spacial score (nSPS) is 22.1. The second kappa shape index (κ2) is 5.51. The van der Waals surface area contributed by atoms with Crippen molar-refractivity contribution in [1.82, 2.24) is 19.9 Å². The molecule has 2 atom stereocenters. The van der Waals surface area contributed by atoms with Gasteiger partial charge in [-0.2, -0.15) is 5.10 Å². The van der Waals surface area contributed by atoms with Crippen LogP contribution < -0.4 is 5.32 Å². The summed E-state index contributed by atoms with van der Waals surface area (Å²) in [5.74, 6) is -1.65. The number of nitrogens with one attached hydrogen (secondary N) is 1. The number of rotatable bonds is 3. The first-order valence-electron chi connectivity index (χ1n) is 6.98. The Morgan fingerprint density at radius 3 is 2.90 bits per heavy atom. The molecule has 0 aliphatic heterocycles. The number of amides is 1. The van der Waals surface area contributed by atoms with E-state index in [4.69, 9.17) is 0 Å². The topological polar surface area (TPSA) is 96.6 Å². The molecule has 1 fully saturated rings. The molecule has 3 rings (SSSR count). The van der Waals surface area contributed by atoms with Crippen molar-refractivity contribution in [3.63, 3.8) is 0 Å². The Bertz CT molecular complexity index is 682. The molecule has 1 saturated carbocycles. The molecular formula is C14H16N4O3. The first kappa shape index (κ1) is 13.5. The van der Waals surface area contributed by atoms with E-state index in [1.165, 1.54) is 6.20 Å². The van der Waals surface area contributed by atoms with Crippen molar-refractivity contribution in [2.75, 3.05) is 0 Å². The van der Waals surface area contributed by atoms with Gasteiger partial charge in [-0.15, -0.1) is 0 Å². The van der Waals surface area contributed by atoms with E-state index in [-0.39, 0.29) is 11.9 Å². The summed E-state index contributed by atoms with van der Waals surface area (Å²) >= 11 is 0. The van der Waals surface area contributed by atoms with Crippen molar-refractivity contribution < 1.29 is 14.7 Å². The van der Waals surface area contributed by atoms with E-state index in [1.54, 1.807) is 23.1 Å². The second-order valence-corrected chi connectivity index (χ2v) is 5.27. The summed E-state index contributed by atoms with van der Waals surface area (Å²) in [6.45, 7) is 0. The summed E-state index contributed by atoms with van der Waals surface area (Å²) in [6, 6.07) is -0.324. The lowest BCUT2D eigenvalue weighted by Gasteiger charge is -2.29. The maximum absolute atomic E-state index is 12.4. The Balaban J connectivity index is 1.80. The molecule has 0 radical (unpaired) electrons.